The van der Waals surface area contributed by atoms with Gasteiger partial charge in [-0.3, -0.25) is 10.1 Å². The van der Waals surface area contributed by atoms with Crippen LogP contribution in [0.1, 0.15) is 15.9 Å². The lowest BCUT2D eigenvalue weighted by Crippen LogP contribution is -2.01. The van der Waals surface area contributed by atoms with Gasteiger partial charge in [0.1, 0.15) is 5.75 Å². The van der Waals surface area contributed by atoms with Gasteiger partial charge in [-0.2, -0.15) is 0 Å². The molecule has 0 bridgehead atoms. The summed E-state index contributed by atoms with van der Waals surface area (Å²) in [5.74, 6) is -0.722. The van der Waals surface area contributed by atoms with E-state index in [9.17, 15) is 14.9 Å². The number of nitrogens with zero attached hydrogens (tertiary/aromatic N) is 1. The molecule has 7 heteroatoms. The lowest BCUT2D eigenvalue weighted by molar-refractivity contribution is -0.385. The van der Waals surface area contributed by atoms with Gasteiger partial charge in [0.15, 0.2) is 0 Å². The van der Waals surface area contributed by atoms with Gasteiger partial charge < -0.3 is 9.84 Å². The summed E-state index contributed by atoms with van der Waals surface area (Å²) in [4.78, 5) is 21.6. The lowest BCUT2D eigenvalue weighted by Gasteiger charge is -2.10. The molecule has 2 aromatic rings. The first-order valence-electron chi connectivity index (χ1n) is 5.85. The molecule has 0 spiro atoms. The van der Waals surface area contributed by atoms with E-state index in [2.05, 4.69) is 0 Å². The number of carboxylic acids is 1. The largest absolute Gasteiger partial charge is 0.478 e. The van der Waals surface area contributed by atoms with E-state index in [-0.39, 0.29) is 22.7 Å². The average molecular weight is 399 g/mol. The van der Waals surface area contributed by atoms with Crippen molar-refractivity contribution in [2.75, 3.05) is 0 Å². The highest BCUT2D eigenvalue weighted by Crippen LogP contribution is 2.34. The van der Waals surface area contributed by atoms with Gasteiger partial charge >= 0.3 is 11.7 Å². The summed E-state index contributed by atoms with van der Waals surface area (Å²) in [6, 6.07) is 9.12. The van der Waals surface area contributed by atoms with Crippen LogP contribution in [0.2, 0.25) is 0 Å². The number of rotatable bonds is 4. The van der Waals surface area contributed by atoms with Gasteiger partial charge in [0.2, 0.25) is 5.75 Å². The zero-order valence-electron chi connectivity index (χ0n) is 10.9. The molecular formula is C14H10INO5. The van der Waals surface area contributed by atoms with Crippen LogP contribution in [-0.2, 0) is 0 Å². The van der Waals surface area contributed by atoms with Gasteiger partial charge in [0, 0.05) is 15.2 Å². The number of hydrogen-bond acceptors (Lipinski definition) is 4. The van der Waals surface area contributed by atoms with Gasteiger partial charge in [0.25, 0.3) is 0 Å². The van der Waals surface area contributed by atoms with Crippen LogP contribution in [0.15, 0.2) is 36.4 Å². The first-order chi connectivity index (χ1) is 9.90. The zero-order chi connectivity index (χ0) is 15.6. The average Bonchev–Trinajstić information content (AvgIpc) is 2.42. The Morgan fingerprint density at radius 3 is 2.62 bits per heavy atom. The lowest BCUT2D eigenvalue weighted by atomic mass is 10.1. The van der Waals surface area contributed by atoms with Crippen molar-refractivity contribution >= 4 is 34.2 Å². The predicted octanol–water partition coefficient (Wildman–Crippen LogP) is 4.00. The van der Waals surface area contributed by atoms with Crippen molar-refractivity contribution in [1.29, 1.82) is 0 Å². The molecule has 2 aromatic carbocycles. The Balaban J connectivity index is 2.46. The van der Waals surface area contributed by atoms with Crippen molar-refractivity contribution in [2.45, 2.75) is 6.92 Å². The van der Waals surface area contributed by atoms with E-state index in [0.717, 1.165) is 0 Å². The summed E-state index contributed by atoms with van der Waals surface area (Å²) in [7, 11) is 0. The molecule has 108 valence electrons. The summed E-state index contributed by atoms with van der Waals surface area (Å²) in [5, 5.41) is 20.1. The maximum absolute atomic E-state index is 11.1. The molecule has 0 aliphatic heterocycles. The molecular weight excluding hydrogens is 389 g/mol. The molecule has 2 rings (SSSR count). The minimum absolute atomic E-state index is 0.0751. The van der Waals surface area contributed by atoms with Crippen LogP contribution in [0.3, 0.4) is 0 Å². The summed E-state index contributed by atoms with van der Waals surface area (Å²) in [6.45, 7) is 1.59. The number of nitro benzene ring substituents is 1. The monoisotopic (exact) mass is 399 g/mol. The van der Waals surface area contributed by atoms with E-state index in [4.69, 9.17) is 9.84 Å². The standard InChI is InChI=1S/C14H10INO5/c1-8-10(14(17)18)3-2-4-12(8)21-13-6-5-9(15)7-11(13)16(19)20/h2-7H,1H3,(H,17,18). The van der Waals surface area contributed by atoms with Gasteiger partial charge in [-0.25, -0.2) is 4.79 Å². The van der Waals surface area contributed by atoms with Crippen LogP contribution in [0, 0.1) is 20.6 Å². The molecule has 0 fully saturated rings. The van der Waals surface area contributed by atoms with Crippen molar-refractivity contribution in [3.63, 3.8) is 0 Å². The normalized spacial score (nSPS) is 10.2. The van der Waals surface area contributed by atoms with Crippen LogP contribution in [0.5, 0.6) is 11.5 Å². The summed E-state index contributed by atoms with van der Waals surface area (Å²) in [6.07, 6.45) is 0. The van der Waals surface area contributed by atoms with E-state index in [1.165, 1.54) is 24.3 Å². The fourth-order valence-electron chi connectivity index (χ4n) is 1.79. The third kappa shape index (κ3) is 3.30. The van der Waals surface area contributed by atoms with Crippen LogP contribution in [0.4, 0.5) is 5.69 Å². The van der Waals surface area contributed by atoms with Crippen LogP contribution < -0.4 is 4.74 Å². The molecule has 0 heterocycles. The topological polar surface area (TPSA) is 89.7 Å². The van der Waals surface area contributed by atoms with Gasteiger partial charge in [0.05, 0.1) is 10.5 Å². The van der Waals surface area contributed by atoms with Crippen molar-refractivity contribution < 1.29 is 19.6 Å². The van der Waals surface area contributed by atoms with E-state index in [1.54, 1.807) is 19.1 Å². The molecule has 0 aromatic heterocycles. The number of aromatic carboxylic acids is 1. The quantitative estimate of drug-likeness (QED) is 0.477. The van der Waals surface area contributed by atoms with E-state index in [1.807, 2.05) is 22.6 Å². The predicted molar refractivity (Wildman–Crippen MR) is 84.0 cm³/mol. The van der Waals surface area contributed by atoms with Crippen LogP contribution in [0.25, 0.3) is 0 Å². The number of ether oxygens (including phenoxy) is 1. The van der Waals surface area contributed by atoms with Crippen molar-refractivity contribution in [3.05, 3.63) is 61.2 Å². The summed E-state index contributed by atoms with van der Waals surface area (Å²) >= 11 is 1.97. The Hall–Kier alpha value is -2.16. The van der Waals surface area contributed by atoms with Crippen molar-refractivity contribution in [3.8, 4) is 11.5 Å². The zero-order valence-corrected chi connectivity index (χ0v) is 13.0. The van der Waals surface area contributed by atoms with E-state index < -0.39 is 10.9 Å². The molecule has 1 N–H and O–H groups in total. The van der Waals surface area contributed by atoms with Gasteiger partial charge in [-0.1, -0.05) is 6.07 Å². The number of carboxylic acid groups (broad SMARTS) is 1. The van der Waals surface area contributed by atoms with Gasteiger partial charge in [-0.05, 0) is 53.8 Å². The molecule has 21 heavy (non-hydrogen) atoms. The van der Waals surface area contributed by atoms with Crippen molar-refractivity contribution in [1.82, 2.24) is 0 Å². The summed E-state index contributed by atoms with van der Waals surface area (Å²) < 4.78 is 6.25. The number of hydrogen-bond donors (Lipinski definition) is 1. The molecule has 0 amide bonds. The Bertz CT molecular complexity index is 729. The second-order valence-electron chi connectivity index (χ2n) is 4.21. The van der Waals surface area contributed by atoms with Crippen molar-refractivity contribution in [2.24, 2.45) is 0 Å². The number of carbonyl (C=O) groups is 1. The number of halogens is 1. The number of nitro groups is 1. The highest BCUT2D eigenvalue weighted by atomic mass is 127. The minimum Gasteiger partial charge on any atom is -0.478 e. The fourth-order valence-corrected chi connectivity index (χ4v) is 2.27. The molecule has 0 saturated heterocycles. The third-order valence-corrected chi connectivity index (χ3v) is 3.52. The molecule has 6 nitrogen and oxygen atoms in total. The Morgan fingerprint density at radius 2 is 2.00 bits per heavy atom. The maximum Gasteiger partial charge on any atom is 0.336 e. The SMILES string of the molecule is Cc1c(Oc2ccc(I)cc2[N+](=O)[O-])cccc1C(=O)O. The highest BCUT2D eigenvalue weighted by molar-refractivity contribution is 14.1. The highest BCUT2D eigenvalue weighted by Gasteiger charge is 2.18. The minimum atomic E-state index is -1.07. The third-order valence-electron chi connectivity index (χ3n) is 2.85. The molecule has 0 radical (unpaired) electrons. The molecule has 0 atom stereocenters. The second-order valence-corrected chi connectivity index (χ2v) is 5.45. The van der Waals surface area contributed by atoms with Crippen LogP contribution >= 0.6 is 22.6 Å². The Morgan fingerprint density at radius 1 is 1.29 bits per heavy atom. The maximum atomic E-state index is 11.1. The molecule has 0 saturated carbocycles. The first kappa shape index (κ1) is 15.2. The van der Waals surface area contributed by atoms with E-state index >= 15 is 0 Å². The van der Waals surface area contributed by atoms with E-state index in [0.29, 0.717) is 9.13 Å². The second kappa shape index (κ2) is 6.08. The van der Waals surface area contributed by atoms with Gasteiger partial charge in [-0.15, -0.1) is 0 Å². The Labute approximate surface area is 133 Å². The molecule has 0 aliphatic rings. The fraction of sp³-hybridized carbons (Fsp3) is 0.0714. The first-order valence-corrected chi connectivity index (χ1v) is 6.92. The smallest absolute Gasteiger partial charge is 0.336 e. The molecule has 0 unspecified atom stereocenters. The molecule has 0 aliphatic carbocycles. The van der Waals surface area contributed by atoms with Crippen LogP contribution in [-0.4, -0.2) is 16.0 Å². The summed E-state index contributed by atoms with van der Waals surface area (Å²) in [5.41, 5.74) is 0.348. The number of benzene rings is 2. The Kier molecular flexibility index (Phi) is 4.41.